The smallest absolute Gasteiger partial charge is 0.324 e. The highest BCUT2D eigenvalue weighted by atomic mass is 32.2. The van der Waals surface area contributed by atoms with E-state index in [1.54, 1.807) is 32.0 Å². The minimum atomic E-state index is -3.74. The first kappa shape index (κ1) is 15.7. The lowest BCUT2D eigenvalue weighted by molar-refractivity contribution is -0.146. The van der Waals surface area contributed by atoms with E-state index in [0.29, 0.717) is 11.1 Å². The number of rotatable bonds is 3. The van der Waals surface area contributed by atoms with Crippen molar-refractivity contribution in [2.45, 2.75) is 24.8 Å². The normalized spacial score (nSPS) is 19.1. The second kappa shape index (κ2) is 5.61. The van der Waals surface area contributed by atoms with Crippen LogP contribution in [0.3, 0.4) is 0 Å². The Labute approximate surface area is 125 Å². The average Bonchev–Trinajstić information content (AvgIpc) is 2.44. The summed E-state index contributed by atoms with van der Waals surface area (Å²) < 4.78 is 31.5. The first-order valence-electron chi connectivity index (χ1n) is 6.67. The number of carbonyl (C=O) groups excluding carboxylic acids is 1. The van der Waals surface area contributed by atoms with Crippen LogP contribution in [0.2, 0.25) is 0 Å². The molecule has 2 rings (SSSR count). The maximum absolute atomic E-state index is 12.8. The number of nitrogens with zero attached hydrogens (tertiary/aromatic N) is 1. The molecule has 1 aliphatic rings. The molecular weight excluding hydrogens is 290 g/mol. The molecule has 0 saturated heterocycles. The van der Waals surface area contributed by atoms with Gasteiger partial charge in [0, 0.05) is 6.54 Å². The van der Waals surface area contributed by atoms with Gasteiger partial charge in [0.1, 0.15) is 6.04 Å². The molecule has 0 radical (unpaired) electrons. The van der Waals surface area contributed by atoms with Crippen molar-refractivity contribution in [1.29, 1.82) is 0 Å². The molecule has 114 valence electrons. The summed E-state index contributed by atoms with van der Waals surface area (Å²) in [5.41, 5.74) is 1.29. The number of hydrogen-bond donors (Lipinski definition) is 0. The van der Waals surface area contributed by atoms with Crippen LogP contribution in [0.5, 0.6) is 0 Å². The summed E-state index contributed by atoms with van der Waals surface area (Å²) in [6.45, 7) is 7.62. The van der Waals surface area contributed by atoms with Crippen molar-refractivity contribution in [3.05, 3.63) is 36.4 Å². The van der Waals surface area contributed by atoms with Gasteiger partial charge in [0.25, 0.3) is 0 Å². The van der Waals surface area contributed by atoms with Crippen molar-refractivity contribution >= 4 is 21.6 Å². The van der Waals surface area contributed by atoms with Crippen LogP contribution in [0.4, 0.5) is 0 Å². The van der Waals surface area contributed by atoms with Crippen molar-refractivity contribution in [1.82, 2.24) is 4.31 Å². The Balaban J connectivity index is 2.57. The third-order valence-corrected chi connectivity index (χ3v) is 5.47. The van der Waals surface area contributed by atoms with Gasteiger partial charge < -0.3 is 4.74 Å². The number of benzene rings is 1. The summed E-state index contributed by atoms with van der Waals surface area (Å²) >= 11 is 0. The fraction of sp³-hybridized carbons (Fsp3) is 0.400. The number of hydrogen-bond acceptors (Lipinski definition) is 4. The van der Waals surface area contributed by atoms with Gasteiger partial charge in [-0.05, 0) is 23.1 Å². The van der Waals surface area contributed by atoms with E-state index in [2.05, 4.69) is 6.58 Å². The quantitative estimate of drug-likeness (QED) is 0.800. The number of ether oxygens (including phenoxy) is 1. The Kier molecular flexibility index (Phi) is 4.20. The van der Waals surface area contributed by atoms with Crippen LogP contribution >= 0.6 is 0 Å². The Morgan fingerprint density at radius 3 is 2.52 bits per heavy atom. The molecule has 0 bridgehead atoms. The van der Waals surface area contributed by atoms with Gasteiger partial charge in [0.15, 0.2) is 0 Å². The van der Waals surface area contributed by atoms with E-state index in [0.717, 1.165) is 0 Å². The van der Waals surface area contributed by atoms with Gasteiger partial charge in [-0.15, -0.1) is 0 Å². The first-order chi connectivity index (χ1) is 9.80. The highest BCUT2D eigenvalue weighted by Gasteiger charge is 2.42. The molecule has 0 saturated carbocycles. The fourth-order valence-electron chi connectivity index (χ4n) is 2.56. The number of fused-ring (bicyclic) bond motifs is 1. The summed E-state index contributed by atoms with van der Waals surface area (Å²) in [6.07, 6.45) is 0. The highest BCUT2D eigenvalue weighted by Crippen LogP contribution is 2.34. The molecule has 1 aliphatic heterocycles. The second-order valence-electron chi connectivity index (χ2n) is 5.36. The minimum Gasteiger partial charge on any atom is -0.468 e. The molecule has 5 nitrogen and oxygen atoms in total. The topological polar surface area (TPSA) is 63.7 Å². The Bertz CT molecular complexity index is 679. The van der Waals surface area contributed by atoms with Gasteiger partial charge in [0.2, 0.25) is 10.0 Å². The van der Waals surface area contributed by atoms with E-state index in [4.69, 9.17) is 4.74 Å². The molecule has 1 heterocycles. The largest absolute Gasteiger partial charge is 0.468 e. The number of carbonyl (C=O) groups is 1. The summed E-state index contributed by atoms with van der Waals surface area (Å²) in [4.78, 5) is 12.2. The Morgan fingerprint density at radius 1 is 1.33 bits per heavy atom. The summed E-state index contributed by atoms with van der Waals surface area (Å²) in [7, 11) is -2.48. The summed E-state index contributed by atoms with van der Waals surface area (Å²) in [5.74, 6) is -0.758. The molecule has 21 heavy (non-hydrogen) atoms. The van der Waals surface area contributed by atoms with Crippen molar-refractivity contribution in [3.8, 4) is 0 Å². The van der Waals surface area contributed by atoms with E-state index in [-0.39, 0.29) is 17.4 Å². The zero-order valence-corrected chi connectivity index (χ0v) is 13.2. The second-order valence-corrected chi connectivity index (χ2v) is 7.22. The van der Waals surface area contributed by atoms with E-state index in [1.807, 2.05) is 0 Å². The monoisotopic (exact) mass is 309 g/mol. The average molecular weight is 309 g/mol. The zero-order valence-electron chi connectivity index (χ0n) is 12.4. The molecule has 0 amide bonds. The number of methoxy groups -OCH3 is 1. The Morgan fingerprint density at radius 2 is 1.95 bits per heavy atom. The van der Waals surface area contributed by atoms with Crippen LogP contribution in [0, 0.1) is 5.92 Å². The van der Waals surface area contributed by atoms with Crippen LogP contribution in [0.25, 0.3) is 5.57 Å². The van der Waals surface area contributed by atoms with Crippen LogP contribution in [0.15, 0.2) is 35.7 Å². The number of esters is 1. The van der Waals surface area contributed by atoms with E-state index < -0.39 is 22.0 Å². The maximum Gasteiger partial charge on any atom is 0.324 e. The van der Waals surface area contributed by atoms with Crippen molar-refractivity contribution in [2.24, 2.45) is 5.92 Å². The number of sulfonamides is 1. The van der Waals surface area contributed by atoms with Crippen LogP contribution < -0.4 is 0 Å². The molecule has 1 aromatic carbocycles. The molecule has 0 fully saturated rings. The highest BCUT2D eigenvalue weighted by molar-refractivity contribution is 7.89. The van der Waals surface area contributed by atoms with Gasteiger partial charge in [0.05, 0.1) is 12.0 Å². The molecule has 0 unspecified atom stereocenters. The SMILES string of the molecule is C=C1CN([C@H](C(=O)OC)C(C)C)S(=O)(=O)c2ccccc21. The van der Waals surface area contributed by atoms with E-state index >= 15 is 0 Å². The predicted octanol–water partition coefficient (Wildman–Crippen LogP) is 1.90. The summed E-state index contributed by atoms with van der Waals surface area (Å²) in [6, 6.07) is 5.85. The lowest BCUT2D eigenvalue weighted by atomic mass is 10.0. The molecule has 1 aromatic rings. The van der Waals surface area contributed by atoms with Gasteiger partial charge in [-0.2, -0.15) is 4.31 Å². The van der Waals surface area contributed by atoms with Crippen molar-refractivity contribution in [3.63, 3.8) is 0 Å². The lowest BCUT2D eigenvalue weighted by Crippen LogP contribution is -2.50. The third kappa shape index (κ3) is 2.61. The molecule has 6 heteroatoms. The van der Waals surface area contributed by atoms with E-state index in [1.165, 1.54) is 17.5 Å². The summed E-state index contributed by atoms with van der Waals surface area (Å²) in [5, 5.41) is 0. The molecule has 0 N–H and O–H groups in total. The maximum atomic E-state index is 12.8. The van der Waals surface area contributed by atoms with E-state index in [9.17, 15) is 13.2 Å². The molecule has 0 aromatic heterocycles. The fourth-order valence-corrected chi connectivity index (χ4v) is 4.51. The molecule has 1 atom stereocenters. The molecular formula is C15H19NO4S. The standard InChI is InChI=1S/C15H19NO4S/c1-10(2)14(15(17)20-4)16-9-11(3)12-7-5-6-8-13(12)21(16,18)19/h5-8,10,14H,3,9H2,1-2,4H3/t14-/m0/s1. The van der Waals surface area contributed by atoms with Gasteiger partial charge in [-0.1, -0.05) is 38.6 Å². The van der Waals surface area contributed by atoms with Crippen LogP contribution in [-0.2, 0) is 19.6 Å². The molecule has 0 spiro atoms. The van der Waals surface area contributed by atoms with Crippen molar-refractivity contribution < 1.29 is 17.9 Å². The zero-order chi connectivity index (χ0) is 15.8. The minimum absolute atomic E-state index is 0.0945. The first-order valence-corrected chi connectivity index (χ1v) is 8.11. The predicted molar refractivity (Wildman–Crippen MR) is 80.0 cm³/mol. The third-order valence-electron chi connectivity index (χ3n) is 3.59. The van der Waals surface area contributed by atoms with Gasteiger partial charge >= 0.3 is 5.97 Å². The van der Waals surface area contributed by atoms with Crippen LogP contribution in [0.1, 0.15) is 19.4 Å². The molecule has 0 aliphatic carbocycles. The van der Waals surface area contributed by atoms with Crippen molar-refractivity contribution in [2.75, 3.05) is 13.7 Å². The van der Waals surface area contributed by atoms with Gasteiger partial charge in [-0.25, -0.2) is 8.42 Å². The Hall–Kier alpha value is -1.66. The van der Waals surface area contributed by atoms with Crippen LogP contribution in [-0.4, -0.2) is 38.4 Å². The lowest BCUT2D eigenvalue weighted by Gasteiger charge is -2.35. The van der Waals surface area contributed by atoms with Gasteiger partial charge in [-0.3, -0.25) is 4.79 Å².